The van der Waals surface area contributed by atoms with Crippen molar-refractivity contribution in [3.05, 3.63) is 0 Å². The molecule has 0 rings (SSSR count). The van der Waals surface area contributed by atoms with Crippen molar-refractivity contribution in [3.63, 3.8) is 0 Å². The van der Waals surface area contributed by atoms with Crippen molar-refractivity contribution in [2.24, 2.45) is 5.92 Å². The number of hydrogen-bond donors (Lipinski definition) is 0. The van der Waals surface area contributed by atoms with E-state index in [4.69, 9.17) is 0 Å². The molecule has 2 nitrogen and oxygen atoms in total. The van der Waals surface area contributed by atoms with Crippen LogP contribution in [-0.2, 0) is 4.79 Å². The van der Waals surface area contributed by atoms with Crippen molar-refractivity contribution in [3.8, 4) is 0 Å². The van der Waals surface area contributed by atoms with Crippen LogP contribution in [0.15, 0.2) is 0 Å². The number of carbonyl (C=O) groups is 1. The molecule has 0 aliphatic heterocycles. The number of halogens is 3. The fourth-order valence-corrected chi connectivity index (χ4v) is 0.844. The Morgan fingerprint density at radius 1 is 1.42 bits per heavy atom. The molecule has 0 saturated carbocycles. The third kappa shape index (κ3) is 6.00. The van der Waals surface area contributed by atoms with Crippen LogP contribution >= 0.6 is 0 Å². The Bertz CT molecular complexity index is 144. The summed E-state index contributed by atoms with van der Waals surface area (Å²) in [4.78, 5) is 10.9. The second kappa shape index (κ2) is 4.33. The summed E-state index contributed by atoms with van der Waals surface area (Å²) in [5, 5.41) is 0. The van der Waals surface area contributed by atoms with E-state index in [1.807, 2.05) is 0 Å². The molecule has 0 aromatic heterocycles. The summed E-state index contributed by atoms with van der Waals surface area (Å²) < 4.78 is 35.2. The van der Waals surface area contributed by atoms with Crippen molar-refractivity contribution in [1.29, 1.82) is 0 Å². The molecule has 1 amide bonds. The van der Waals surface area contributed by atoms with E-state index in [0.29, 0.717) is 0 Å². The lowest BCUT2D eigenvalue weighted by molar-refractivity contribution is -0.154. The van der Waals surface area contributed by atoms with E-state index in [9.17, 15) is 18.0 Å². The Labute approximate surface area is 69.3 Å². The minimum atomic E-state index is -4.30. The molecule has 0 saturated heterocycles. The van der Waals surface area contributed by atoms with Crippen LogP contribution in [0.3, 0.4) is 0 Å². The number of alkyl halides is 3. The molecular formula is C7H12F3NO. The van der Waals surface area contributed by atoms with E-state index in [1.54, 1.807) is 13.8 Å². The molecule has 0 fully saturated rings. The van der Waals surface area contributed by atoms with Crippen LogP contribution in [0.5, 0.6) is 0 Å². The van der Waals surface area contributed by atoms with Crippen LogP contribution in [-0.4, -0.2) is 30.6 Å². The molecule has 0 heterocycles. The summed E-state index contributed by atoms with van der Waals surface area (Å²) in [5.41, 5.74) is 0. The van der Waals surface area contributed by atoms with Gasteiger partial charge in [0.2, 0.25) is 6.41 Å². The molecular weight excluding hydrogens is 171 g/mol. The highest BCUT2D eigenvalue weighted by Gasteiger charge is 2.30. The lowest BCUT2D eigenvalue weighted by atomic mass is 10.2. The Morgan fingerprint density at radius 3 is 2.17 bits per heavy atom. The van der Waals surface area contributed by atoms with Gasteiger partial charge in [0.25, 0.3) is 0 Å². The Morgan fingerprint density at radius 2 is 1.92 bits per heavy atom. The number of rotatable bonds is 4. The Balaban J connectivity index is 3.92. The fraction of sp³-hybridized carbons (Fsp3) is 0.857. The first-order valence-electron chi connectivity index (χ1n) is 3.61. The smallest absolute Gasteiger partial charge is 0.336 e. The highest BCUT2D eigenvalue weighted by Crippen LogP contribution is 2.16. The van der Waals surface area contributed by atoms with Gasteiger partial charge in [-0.05, 0) is 5.92 Å². The van der Waals surface area contributed by atoms with Gasteiger partial charge in [-0.3, -0.25) is 4.79 Å². The van der Waals surface area contributed by atoms with Crippen molar-refractivity contribution < 1.29 is 18.0 Å². The zero-order chi connectivity index (χ0) is 9.78. The lowest BCUT2D eigenvalue weighted by Gasteiger charge is -2.20. The van der Waals surface area contributed by atoms with E-state index >= 15 is 0 Å². The SMILES string of the molecule is CC(C)CN(C=O)CC(F)(F)F. The largest absolute Gasteiger partial charge is 0.406 e. The van der Waals surface area contributed by atoms with Gasteiger partial charge in [-0.1, -0.05) is 13.8 Å². The molecule has 12 heavy (non-hydrogen) atoms. The highest BCUT2D eigenvalue weighted by molar-refractivity contribution is 5.47. The summed E-state index contributed by atoms with van der Waals surface area (Å²) in [6, 6.07) is 0. The maximum absolute atomic E-state index is 11.7. The summed E-state index contributed by atoms with van der Waals surface area (Å²) in [5.74, 6) is 0.0533. The van der Waals surface area contributed by atoms with Gasteiger partial charge in [0.1, 0.15) is 6.54 Å². The fourth-order valence-electron chi connectivity index (χ4n) is 0.844. The summed E-state index contributed by atoms with van der Waals surface area (Å²) in [7, 11) is 0. The van der Waals surface area contributed by atoms with Gasteiger partial charge >= 0.3 is 6.18 Å². The first-order chi connectivity index (χ1) is 5.35. The number of nitrogens with zero attached hydrogens (tertiary/aromatic N) is 1. The van der Waals surface area contributed by atoms with Gasteiger partial charge in [-0.2, -0.15) is 13.2 Å². The monoisotopic (exact) mass is 183 g/mol. The number of amides is 1. The van der Waals surface area contributed by atoms with Gasteiger partial charge in [-0.15, -0.1) is 0 Å². The lowest BCUT2D eigenvalue weighted by Crippen LogP contribution is -2.35. The molecule has 0 unspecified atom stereocenters. The van der Waals surface area contributed by atoms with E-state index in [0.717, 1.165) is 4.90 Å². The second-order valence-electron chi connectivity index (χ2n) is 3.04. The molecule has 0 aromatic carbocycles. The highest BCUT2D eigenvalue weighted by atomic mass is 19.4. The topological polar surface area (TPSA) is 20.3 Å². The van der Waals surface area contributed by atoms with Gasteiger partial charge in [0.05, 0.1) is 0 Å². The van der Waals surface area contributed by atoms with Crippen LogP contribution in [0, 0.1) is 5.92 Å². The van der Waals surface area contributed by atoms with Crippen LogP contribution in [0.2, 0.25) is 0 Å². The minimum absolute atomic E-state index is 0.0533. The Kier molecular flexibility index (Phi) is 4.06. The maximum Gasteiger partial charge on any atom is 0.406 e. The van der Waals surface area contributed by atoms with Crippen molar-refractivity contribution in [2.45, 2.75) is 20.0 Å². The molecule has 0 aliphatic carbocycles. The van der Waals surface area contributed by atoms with E-state index in [2.05, 4.69) is 0 Å². The van der Waals surface area contributed by atoms with Gasteiger partial charge < -0.3 is 4.90 Å². The van der Waals surface area contributed by atoms with Crippen molar-refractivity contribution in [1.82, 2.24) is 4.90 Å². The van der Waals surface area contributed by atoms with Crippen molar-refractivity contribution >= 4 is 6.41 Å². The number of carbonyl (C=O) groups excluding carboxylic acids is 1. The van der Waals surface area contributed by atoms with E-state index < -0.39 is 12.7 Å². The van der Waals surface area contributed by atoms with Crippen LogP contribution in [0.25, 0.3) is 0 Å². The average molecular weight is 183 g/mol. The normalized spacial score (nSPS) is 11.8. The van der Waals surface area contributed by atoms with Gasteiger partial charge in [0, 0.05) is 6.54 Å². The predicted octanol–water partition coefficient (Wildman–Crippen LogP) is 1.66. The van der Waals surface area contributed by atoms with Crippen LogP contribution in [0.1, 0.15) is 13.8 Å². The molecule has 0 aliphatic rings. The van der Waals surface area contributed by atoms with Crippen LogP contribution in [0.4, 0.5) is 13.2 Å². The summed E-state index contributed by atoms with van der Waals surface area (Å²) >= 11 is 0. The number of hydrogen-bond acceptors (Lipinski definition) is 1. The quantitative estimate of drug-likeness (QED) is 0.607. The third-order valence-electron chi connectivity index (χ3n) is 1.13. The first kappa shape index (κ1) is 11.3. The van der Waals surface area contributed by atoms with Gasteiger partial charge in [-0.25, -0.2) is 0 Å². The zero-order valence-corrected chi connectivity index (χ0v) is 7.06. The summed E-state index contributed by atoms with van der Waals surface area (Å²) in [6.45, 7) is 2.50. The molecule has 72 valence electrons. The summed E-state index contributed by atoms with van der Waals surface area (Å²) in [6.07, 6.45) is -4.07. The average Bonchev–Trinajstić information content (AvgIpc) is 1.82. The molecule has 0 bridgehead atoms. The second-order valence-corrected chi connectivity index (χ2v) is 3.04. The van der Waals surface area contributed by atoms with Crippen molar-refractivity contribution in [2.75, 3.05) is 13.1 Å². The first-order valence-corrected chi connectivity index (χ1v) is 3.61. The van der Waals surface area contributed by atoms with E-state index in [1.165, 1.54) is 0 Å². The molecule has 0 spiro atoms. The standard InChI is InChI=1S/C7H12F3NO/c1-6(2)3-11(5-12)4-7(8,9)10/h5-6H,3-4H2,1-2H3. The molecule has 0 radical (unpaired) electrons. The predicted molar refractivity (Wildman–Crippen MR) is 38.5 cm³/mol. The Hall–Kier alpha value is -0.740. The van der Waals surface area contributed by atoms with Crippen LogP contribution < -0.4 is 0 Å². The molecule has 0 atom stereocenters. The molecule has 5 heteroatoms. The van der Waals surface area contributed by atoms with Gasteiger partial charge in [0.15, 0.2) is 0 Å². The zero-order valence-electron chi connectivity index (χ0n) is 7.06. The third-order valence-corrected chi connectivity index (χ3v) is 1.13. The maximum atomic E-state index is 11.7. The molecule has 0 N–H and O–H groups in total. The van der Waals surface area contributed by atoms with E-state index in [-0.39, 0.29) is 18.9 Å². The molecule has 0 aromatic rings. The minimum Gasteiger partial charge on any atom is -0.336 e.